The van der Waals surface area contributed by atoms with E-state index in [4.69, 9.17) is 9.47 Å². The number of carbonyl (C=O) groups excluding carboxylic acids is 1. The highest BCUT2D eigenvalue weighted by molar-refractivity contribution is 5.79. The van der Waals surface area contributed by atoms with Crippen molar-refractivity contribution in [1.29, 1.82) is 0 Å². The van der Waals surface area contributed by atoms with Gasteiger partial charge in [-0.3, -0.25) is 4.79 Å². The molecule has 5 nitrogen and oxygen atoms in total. The van der Waals surface area contributed by atoms with Crippen molar-refractivity contribution in [3.63, 3.8) is 0 Å². The van der Waals surface area contributed by atoms with Crippen molar-refractivity contribution in [2.75, 3.05) is 33.4 Å². The van der Waals surface area contributed by atoms with Crippen LogP contribution in [0, 0.1) is 0 Å². The number of hydrogen-bond acceptors (Lipinski definition) is 4. The molecule has 0 radical (unpaired) electrons. The lowest BCUT2D eigenvalue weighted by Gasteiger charge is -2.28. The van der Waals surface area contributed by atoms with Crippen LogP contribution >= 0.6 is 0 Å². The summed E-state index contributed by atoms with van der Waals surface area (Å²) >= 11 is 0. The first-order valence-corrected chi connectivity index (χ1v) is 8.71. The third kappa shape index (κ3) is 4.09. The normalized spacial score (nSPS) is 20.6. The molecule has 3 rings (SSSR count). The Morgan fingerprint density at radius 3 is 3.08 bits per heavy atom. The maximum atomic E-state index is 12.4. The standard InChI is InChI=1S/C19H26N2O3/c1-3-23-15-4-5-18-16(13-15)17(8-11-24-18)20-19(22)12-14-6-9-21(2)10-7-14/h4-6,13,17H,3,7-12H2,1-2H3,(H,20,22). The Labute approximate surface area is 143 Å². The molecule has 5 heteroatoms. The lowest BCUT2D eigenvalue weighted by Crippen LogP contribution is -2.33. The molecule has 0 bridgehead atoms. The fraction of sp³-hybridized carbons (Fsp3) is 0.526. The first-order valence-electron chi connectivity index (χ1n) is 8.71. The van der Waals surface area contributed by atoms with E-state index in [1.165, 1.54) is 5.57 Å². The van der Waals surface area contributed by atoms with Crippen molar-refractivity contribution in [3.8, 4) is 11.5 Å². The molecule has 1 aromatic rings. The van der Waals surface area contributed by atoms with E-state index in [9.17, 15) is 4.79 Å². The summed E-state index contributed by atoms with van der Waals surface area (Å²) in [5.74, 6) is 1.75. The van der Waals surface area contributed by atoms with E-state index in [0.29, 0.717) is 19.6 Å². The maximum Gasteiger partial charge on any atom is 0.224 e. The summed E-state index contributed by atoms with van der Waals surface area (Å²) in [4.78, 5) is 14.7. The molecule has 0 fully saturated rings. The minimum Gasteiger partial charge on any atom is -0.494 e. The molecule has 2 aliphatic rings. The topological polar surface area (TPSA) is 50.8 Å². The van der Waals surface area contributed by atoms with Gasteiger partial charge in [-0.15, -0.1) is 0 Å². The second kappa shape index (κ2) is 7.71. The Morgan fingerprint density at radius 2 is 2.33 bits per heavy atom. The number of carbonyl (C=O) groups is 1. The van der Waals surface area contributed by atoms with Gasteiger partial charge in [0.25, 0.3) is 0 Å². The molecule has 1 atom stereocenters. The van der Waals surface area contributed by atoms with E-state index in [1.54, 1.807) is 0 Å². The van der Waals surface area contributed by atoms with Gasteiger partial charge in [0.15, 0.2) is 0 Å². The molecular formula is C19H26N2O3. The molecular weight excluding hydrogens is 304 g/mol. The highest BCUT2D eigenvalue weighted by Crippen LogP contribution is 2.35. The Kier molecular flexibility index (Phi) is 5.41. The summed E-state index contributed by atoms with van der Waals surface area (Å²) in [7, 11) is 2.10. The number of fused-ring (bicyclic) bond motifs is 1. The average Bonchev–Trinajstić information content (AvgIpc) is 2.58. The first-order chi connectivity index (χ1) is 11.7. The van der Waals surface area contributed by atoms with Crippen molar-refractivity contribution in [2.24, 2.45) is 0 Å². The predicted octanol–water partition coefficient (Wildman–Crippen LogP) is 2.68. The van der Waals surface area contributed by atoms with E-state index < -0.39 is 0 Å². The fourth-order valence-corrected chi connectivity index (χ4v) is 3.20. The zero-order valence-corrected chi connectivity index (χ0v) is 14.5. The summed E-state index contributed by atoms with van der Waals surface area (Å²) in [5.41, 5.74) is 2.25. The number of likely N-dealkylation sites (N-methyl/N-ethyl adjacent to an activating group) is 1. The molecule has 0 spiro atoms. The third-order valence-electron chi connectivity index (χ3n) is 4.56. The zero-order chi connectivity index (χ0) is 16.9. The molecule has 1 N–H and O–H groups in total. The second-order valence-electron chi connectivity index (χ2n) is 6.44. The molecule has 2 heterocycles. The number of nitrogens with one attached hydrogen (secondary N) is 1. The minimum atomic E-state index is -0.00600. The van der Waals surface area contributed by atoms with Gasteiger partial charge in [-0.1, -0.05) is 11.6 Å². The van der Waals surface area contributed by atoms with Gasteiger partial charge in [-0.05, 0) is 38.6 Å². The summed E-state index contributed by atoms with van der Waals surface area (Å²) in [6.07, 6.45) is 4.43. The number of hydrogen-bond donors (Lipinski definition) is 1. The van der Waals surface area contributed by atoms with E-state index in [-0.39, 0.29) is 11.9 Å². The molecule has 130 valence electrons. The van der Waals surface area contributed by atoms with Crippen molar-refractivity contribution in [3.05, 3.63) is 35.4 Å². The van der Waals surface area contributed by atoms with Crippen LogP contribution in [-0.2, 0) is 4.79 Å². The second-order valence-corrected chi connectivity index (χ2v) is 6.44. The average molecular weight is 330 g/mol. The highest BCUT2D eigenvalue weighted by atomic mass is 16.5. The molecule has 24 heavy (non-hydrogen) atoms. The lowest BCUT2D eigenvalue weighted by molar-refractivity contribution is -0.121. The van der Waals surface area contributed by atoms with E-state index in [1.807, 2.05) is 25.1 Å². The van der Waals surface area contributed by atoms with Crippen molar-refractivity contribution in [2.45, 2.75) is 32.2 Å². The molecule has 0 aromatic heterocycles. The largest absolute Gasteiger partial charge is 0.494 e. The van der Waals surface area contributed by atoms with Gasteiger partial charge >= 0.3 is 0 Å². The predicted molar refractivity (Wildman–Crippen MR) is 93.4 cm³/mol. The van der Waals surface area contributed by atoms with Gasteiger partial charge in [-0.2, -0.15) is 0 Å². The quantitative estimate of drug-likeness (QED) is 0.844. The molecule has 0 saturated heterocycles. The van der Waals surface area contributed by atoms with Gasteiger partial charge in [0.1, 0.15) is 11.5 Å². The van der Waals surface area contributed by atoms with Crippen LogP contribution in [0.25, 0.3) is 0 Å². The lowest BCUT2D eigenvalue weighted by atomic mass is 9.99. The van der Waals surface area contributed by atoms with Crippen LogP contribution in [0.5, 0.6) is 11.5 Å². The van der Waals surface area contributed by atoms with E-state index >= 15 is 0 Å². The van der Waals surface area contributed by atoms with Crippen LogP contribution in [0.15, 0.2) is 29.8 Å². The number of ether oxygens (including phenoxy) is 2. The molecule has 1 aromatic carbocycles. The van der Waals surface area contributed by atoms with Crippen LogP contribution in [-0.4, -0.2) is 44.2 Å². The smallest absolute Gasteiger partial charge is 0.224 e. The molecule has 2 aliphatic heterocycles. The van der Waals surface area contributed by atoms with Gasteiger partial charge < -0.3 is 19.7 Å². The SMILES string of the molecule is CCOc1ccc2c(c1)C(NC(=O)CC1=CCN(C)CC1)CCO2. The minimum absolute atomic E-state index is 0.00600. The maximum absolute atomic E-state index is 12.4. The number of nitrogens with zero attached hydrogens (tertiary/aromatic N) is 1. The molecule has 0 aliphatic carbocycles. The summed E-state index contributed by atoms with van der Waals surface area (Å²) in [6.45, 7) is 5.17. The van der Waals surface area contributed by atoms with Crippen LogP contribution < -0.4 is 14.8 Å². The van der Waals surface area contributed by atoms with Crippen molar-refractivity contribution < 1.29 is 14.3 Å². The van der Waals surface area contributed by atoms with Gasteiger partial charge in [0.05, 0.1) is 19.3 Å². The van der Waals surface area contributed by atoms with Gasteiger partial charge in [0.2, 0.25) is 5.91 Å². The monoisotopic (exact) mass is 330 g/mol. The molecule has 0 saturated carbocycles. The van der Waals surface area contributed by atoms with Crippen molar-refractivity contribution in [1.82, 2.24) is 10.2 Å². The highest BCUT2D eigenvalue weighted by Gasteiger charge is 2.24. The Hall–Kier alpha value is -2.01. The van der Waals surface area contributed by atoms with Gasteiger partial charge in [0, 0.05) is 31.5 Å². The Morgan fingerprint density at radius 1 is 1.46 bits per heavy atom. The Bertz CT molecular complexity index is 627. The van der Waals surface area contributed by atoms with E-state index in [2.05, 4.69) is 23.3 Å². The van der Waals surface area contributed by atoms with Crippen LogP contribution in [0.2, 0.25) is 0 Å². The van der Waals surface area contributed by atoms with Crippen molar-refractivity contribution >= 4 is 5.91 Å². The fourth-order valence-electron chi connectivity index (χ4n) is 3.20. The number of amides is 1. The van der Waals surface area contributed by atoms with Crippen LogP contribution in [0.1, 0.15) is 37.8 Å². The van der Waals surface area contributed by atoms with Gasteiger partial charge in [-0.25, -0.2) is 0 Å². The first kappa shape index (κ1) is 16.8. The summed E-state index contributed by atoms with van der Waals surface area (Å²) in [6, 6.07) is 5.82. The summed E-state index contributed by atoms with van der Waals surface area (Å²) in [5, 5.41) is 3.17. The molecule has 1 amide bonds. The van der Waals surface area contributed by atoms with Crippen LogP contribution in [0.3, 0.4) is 0 Å². The summed E-state index contributed by atoms with van der Waals surface area (Å²) < 4.78 is 11.3. The van der Waals surface area contributed by atoms with Crippen LogP contribution in [0.4, 0.5) is 0 Å². The zero-order valence-electron chi connectivity index (χ0n) is 14.5. The number of rotatable bonds is 5. The third-order valence-corrected chi connectivity index (χ3v) is 4.56. The number of benzene rings is 1. The molecule has 1 unspecified atom stereocenters. The van der Waals surface area contributed by atoms with E-state index in [0.717, 1.165) is 43.0 Å². The Balaban J connectivity index is 1.65.